The van der Waals surface area contributed by atoms with E-state index in [0.29, 0.717) is 18.2 Å². The van der Waals surface area contributed by atoms with Crippen molar-refractivity contribution in [1.82, 2.24) is 0 Å². The number of ether oxygens (including phenoxy) is 1. The Labute approximate surface area is 107 Å². The van der Waals surface area contributed by atoms with Gasteiger partial charge in [0.05, 0.1) is 17.0 Å². The van der Waals surface area contributed by atoms with E-state index in [9.17, 15) is 31.1 Å². The first-order chi connectivity index (χ1) is 8.56. The van der Waals surface area contributed by atoms with Crippen molar-refractivity contribution in [3.8, 4) is 5.75 Å². The Hall–Kier alpha value is -1.44. The Balaban J connectivity index is 3.44. The summed E-state index contributed by atoms with van der Waals surface area (Å²) in [4.78, 5) is 11.3. The van der Waals surface area contributed by atoms with Gasteiger partial charge in [0.25, 0.3) is 0 Å². The number of carbonyl (C=O) groups excluding carboxylic acids is 1. The monoisotopic (exact) mass is 306 g/mol. The standard InChI is InChI=1S/C10H5ClF6O2/c11-4-6(18)8-5(9(12,13)14)2-1-3-7(8)19-10(15,16)17/h1-3H,4H2. The van der Waals surface area contributed by atoms with Gasteiger partial charge in [-0.25, -0.2) is 0 Å². The minimum atomic E-state index is -5.22. The van der Waals surface area contributed by atoms with E-state index >= 15 is 0 Å². The van der Waals surface area contributed by atoms with Crippen LogP contribution in [0.15, 0.2) is 18.2 Å². The van der Waals surface area contributed by atoms with Crippen LogP contribution in [0.4, 0.5) is 26.3 Å². The van der Waals surface area contributed by atoms with E-state index < -0.39 is 41.1 Å². The Morgan fingerprint density at radius 3 is 2.16 bits per heavy atom. The van der Waals surface area contributed by atoms with E-state index in [-0.39, 0.29) is 0 Å². The molecule has 0 aliphatic carbocycles. The fourth-order valence-electron chi connectivity index (χ4n) is 1.33. The second-order valence-electron chi connectivity index (χ2n) is 3.28. The van der Waals surface area contributed by atoms with Gasteiger partial charge in [0, 0.05) is 0 Å². The molecule has 2 nitrogen and oxygen atoms in total. The number of Topliss-reactive ketones (excluding diaryl/α,β-unsaturated/α-hetero) is 1. The van der Waals surface area contributed by atoms with Crippen molar-refractivity contribution >= 4 is 17.4 Å². The number of carbonyl (C=O) groups is 1. The molecule has 106 valence electrons. The van der Waals surface area contributed by atoms with Crippen LogP contribution in [0.3, 0.4) is 0 Å². The second kappa shape index (κ2) is 5.28. The van der Waals surface area contributed by atoms with Gasteiger partial charge in [0.1, 0.15) is 5.75 Å². The molecule has 0 aromatic heterocycles. The fourth-order valence-corrected chi connectivity index (χ4v) is 1.47. The highest BCUT2D eigenvalue weighted by molar-refractivity contribution is 6.31. The number of alkyl halides is 7. The molecular formula is C10H5ClF6O2. The van der Waals surface area contributed by atoms with Crippen LogP contribution in [0.2, 0.25) is 0 Å². The van der Waals surface area contributed by atoms with Crippen LogP contribution in [0.5, 0.6) is 5.75 Å². The van der Waals surface area contributed by atoms with Crippen LogP contribution in [0.25, 0.3) is 0 Å². The molecule has 0 unspecified atom stereocenters. The molecule has 1 aromatic carbocycles. The molecule has 0 atom stereocenters. The third kappa shape index (κ3) is 4.02. The number of halogens is 7. The summed E-state index contributed by atoms with van der Waals surface area (Å²) in [5, 5.41) is 0. The summed E-state index contributed by atoms with van der Waals surface area (Å²) >= 11 is 5.10. The summed E-state index contributed by atoms with van der Waals surface area (Å²) < 4.78 is 77.5. The zero-order valence-electron chi connectivity index (χ0n) is 8.90. The number of benzene rings is 1. The largest absolute Gasteiger partial charge is 0.573 e. The molecule has 0 fully saturated rings. The molecule has 0 saturated heterocycles. The molecule has 0 heterocycles. The minimum Gasteiger partial charge on any atom is -0.405 e. The van der Waals surface area contributed by atoms with Crippen molar-refractivity contribution < 1.29 is 35.9 Å². The molecule has 9 heteroatoms. The lowest BCUT2D eigenvalue weighted by molar-refractivity contribution is -0.274. The van der Waals surface area contributed by atoms with Crippen LogP contribution < -0.4 is 4.74 Å². The van der Waals surface area contributed by atoms with Gasteiger partial charge in [-0.15, -0.1) is 24.8 Å². The third-order valence-corrected chi connectivity index (χ3v) is 2.20. The first-order valence-corrected chi connectivity index (χ1v) is 5.15. The molecule has 1 rings (SSSR count). The maximum absolute atomic E-state index is 12.6. The smallest absolute Gasteiger partial charge is 0.405 e. The van der Waals surface area contributed by atoms with Crippen LogP contribution in [0.1, 0.15) is 15.9 Å². The first kappa shape index (κ1) is 15.6. The quantitative estimate of drug-likeness (QED) is 0.479. The lowest BCUT2D eigenvalue weighted by Crippen LogP contribution is -2.22. The molecule has 0 radical (unpaired) electrons. The summed E-state index contributed by atoms with van der Waals surface area (Å²) in [7, 11) is 0. The SMILES string of the molecule is O=C(CCl)c1c(OC(F)(F)F)cccc1C(F)(F)F. The molecule has 19 heavy (non-hydrogen) atoms. The van der Waals surface area contributed by atoms with Gasteiger partial charge in [-0.05, 0) is 12.1 Å². The van der Waals surface area contributed by atoms with Crippen LogP contribution in [-0.2, 0) is 6.18 Å². The second-order valence-corrected chi connectivity index (χ2v) is 3.55. The van der Waals surface area contributed by atoms with Crippen molar-refractivity contribution in [3.63, 3.8) is 0 Å². The summed E-state index contributed by atoms with van der Waals surface area (Å²) in [6, 6.07) is 1.79. The predicted molar refractivity (Wildman–Crippen MR) is 53.2 cm³/mol. The summed E-state index contributed by atoms with van der Waals surface area (Å²) in [5.41, 5.74) is -2.76. The molecule has 0 aliphatic rings. The van der Waals surface area contributed by atoms with Crippen molar-refractivity contribution in [3.05, 3.63) is 29.3 Å². The van der Waals surface area contributed by atoms with Gasteiger partial charge in [-0.1, -0.05) is 6.07 Å². The Bertz CT molecular complexity index is 480. The lowest BCUT2D eigenvalue weighted by atomic mass is 10.0. The summed E-state index contributed by atoms with van der Waals surface area (Å²) in [6.07, 6.45) is -10.2. The van der Waals surface area contributed by atoms with Crippen molar-refractivity contribution in [2.24, 2.45) is 0 Å². The lowest BCUT2D eigenvalue weighted by Gasteiger charge is -2.16. The van der Waals surface area contributed by atoms with Gasteiger partial charge in [0.2, 0.25) is 0 Å². The van der Waals surface area contributed by atoms with E-state index in [1.54, 1.807) is 0 Å². The summed E-state index contributed by atoms with van der Waals surface area (Å²) in [6.45, 7) is 0. The fraction of sp³-hybridized carbons (Fsp3) is 0.300. The van der Waals surface area contributed by atoms with Gasteiger partial charge < -0.3 is 4.74 Å². The van der Waals surface area contributed by atoms with Gasteiger partial charge in [-0.3, -0.25) is 4.79 Å². The van der Waals surface area contributed by atoms with Crippen LogP contribution in [-0.4, -0.2) is 18.0 Å². The predicted octanol–water partition coefficient (Wildman–Crippen LogP) is 4.03. The number of hydrogen-bond donors (Lipinski definition) is 0. The Morgan fingerprint density at radius 1 is 1.16 bits per heavy atom. The van der Waals surface area contributed by atoms with Gasteiger partial charge >= 0.3 is 12.5 Å². The highest BCUT2D eigenvalue weighted by Crippen LogP contribution is 2.38. The molecule has 0 aliphatic heterocycles. The normalized spacial score (nSPS) is 12.4. The summed E-state index contributed by atoms with van der Waals surface area (Å²) in [5.74, 6) is -3.44. The van der Waals surface area contributed by atoms with E-state index in [4.69, 9.17) is 11.6 Å². The van der Waals surface area contributed by atoms with E-state index in [1.807, 2.05) is 0 Å². The van der Waals surface area contributed by atoms with Crippen molar-refractivity contribution in [2.45, 2.75) is 12.5 Å². The Kier molecular flexibility index (Phi) is 4.34. The zero-order chi connectivity index (χ0) is 14.8. The minimum absolute atomic E-state index is 0.475. The Morgan fingerprint density at radius 2 is 1.74 bits per heavy atom. The van der Waals surface area contributed by atoms with Crippen molar-refractivity contribution in [2.75, 3.05) is 5.88 Å². The van der Waals surface area contributed by atoms with Crippen molar-refractivity contribution in [1.29, 1.82) is 0 Å². The number of hydrogen-bond acceptors (Lipinski definition) is 2. The average molecular weight is 307 g/mol. The molecule has 1 aromatic rings. The topological polar surface area (TPSA) is 26.3 Å². The third-order valence-electron chi connectivity index (χ3n) is 1.96. The van der Waals surface area contributed by atoms with E-state index in [0.717, 1.165) is 0 Å². The molecular weight excluding hydrogens is 302 g/mol. The van der Waals surface area contributed by atoms with Crippen LogP contribution in [0, 0.1) is 0 Å². The molecule has 0 spiro atoms. The van der Waals surface area contributed by atoms with Crippen LogP contribution >= 0.6 is 11.6 Å². The maximum Gasteiger partial charge on any atom is 0.573 e. The molecule has 0 bridgehead atoms. The number of rotatable bonds is 3. The van der Waals surface area contributed by atoms with E-state index in [2.05, 4.69) is 4.74 Å². The van der Waals surface area contributed by atoms with Gasteiger partial charge in [-0.2, -0.15) is 13.2 Å². The maximum atomic E-state index is 12.6. The number of ketones is 1. The zero-order valence-corrected chi connectivity index (χ0v) is 9.66. The highest BCUT2D eigenvalue weighted by atomic mass is 35.5. The molecule has 0 saturated carbocycles. The molecule has 0 amide bonds. The molecule has 0 N–H and O–H groups in total. The van der Waals surface area contributed by atoms with Gasteiger partial charge in [0.15, 0.2) is 5.78 Å². The average Bonchev–Trinajstić information content (AvgIpc) is 2.24. The first-order valence-electron chi connectivity index (χ1n) is 4.61. The van der Waals surface area contributed by atoms with E-state index in [1.165, 1.54) is 0 Å². The highest BCUT2D eigenvalue weighted by Gasteiger charge is 2.39.